The van der Waals surface area contributed by atoms with E-state index in [0.29, 0.717) is 17.9 Å². The van der Waals surface area contributed by atoms with Gasteiger partial charge in [0, 0.05) is 18.5 Å². The van der Waals surface area contributed by atoms with Gasteiger partial charge in [0.15, 0.2) is 0 Å². The minimum atomic E-state index is 0.199. The average Bonchev–Trinajstić information content (AvgIpc) is 2.41. The van der Waals surface area contributed by atoms with E-state index in [1.807, 2.05) is 0 Å². The SMILES string of the molecule is CCC(CC)C(=O)N(CC)C1CCCCC1CN. The third kappa shape index (κ3) is 3.47. The first kappa shape index (κ1) is 15.5. The van der Waals surface area contributed by atoms with Crippen LogP contribution in [0.3, 0.4) is 0 Å². The average molecular weight is 254 g/mol. The number of nitrogens with two attached hydrogens (primary N) is 1. The van der Waals surface area contributed by atoms with Crippen molar-refractivity contribution in [3.8, 4) is 0 Å². The molecule has 1 aliphatic rings. The Labute approximate surface area is 112 Å². The summed E-state index contributed by atoms with van der Waals surface area (Å²) in [6.45, 7) is 7.87. The molecule has 0 aromatic rings. The highest BCUT2D eigenvalue weighted by atomic mass is 16.2. The topological polar surface area (TPSA) is 46.3 Å². The Hall–Kier alpha value is -0.570. The third-order valence-electron chi connectivity index (χ3n) is 4.53. The molecule has 0 aromatic carbocycles. The predicted molar refractivity (Wildman–Crippen MR) is 76.3 cm³/mol. The first-order valence-electron chi connectivity index (χ1n) is 7.69. The van der Waals surface area contributed by atoms with Gasteiger partial charge in [0.2, 0.25) is 5.91 Å². The van der Waals surface area contributed by atoms with Crippen molar-refractivity contribution in [1.29, 1.82) is 0 Å². The van der Waals surface area contributed by atoms with Crippen molar-refractivity contribution >= 4 is 5.91 Å². The molecule has 3 heteroatoms. The van der Waals surface area contributed by atoms with Gasteiger partial charge in [0.25, 0.3) is 0 Å². The molecular formula is C15H30N2O. The van der Waals surface area contributed by atoms with Gasteiger partial charge in [0.1, 0.15) is 0 Å². The molecule has 106 valence electrons. The standard InChI is InChI=1S/C15H30N2O/c1-4-12(5-2)15(18)17(6-3)14-10-8-7-9-13(14)11-16/h12-14H,4-11,16H2,1-3H3. The second-order valence-corrected chi connectivity index (χ2v) is 5.49. The van der Waals surface area contributed by atoms with E-state index in [9.17, 15) is 4.79 Å². The van der Waals surface area contributed by atoms with Crippen molar-refractivity contribution in [1.82, 2.24) is 4.90 Å². The van der Waals surface area contributed by atoms with Crippen LogP contribution < -0.4 is 5.73 Å². The Morgan fingerprint density at radius 2 is 1.83 bits per heavy atom. The maximum absolute atomic E-state index is 12.6. The monoisotopic (exact) mass is 254 g/mol. The Bertz CT molecular complexity index is 251. The van der Waals surface area contributed by atoms with Gasteiger partial charge in [0.05, 0.1) is 0 Å². The van der Waals surface area contributed by atoms with Gasteiger partial charge in [-0.2, -0.15) is 0 Å². The Kier molecular flexibility index (Phi) is 6.69. The third-order valence-corrected chi connectivity index (χ3v) is 4.53. The van der Waals surface area contributed by atoms with E-state index in [1.165, 1.54) is 19.3 Å². The van der Waals surface area contributed by atoms with Crippen LogP contribution in [0, 0.1) is 11.8 Å². The molecule has 2 atom stereocenters. The summed E-state index contributed by atoms with van der Waals surface area (Å²) in [7, 11) is 0. The van der Waals surface area contributed by atoms with Crippen LogP contribution in [0.15, 0.2) is 0 Å². The molecule has 1 aliphatic carbocycles. The minimum absolute atomic E-state index is 0.199. The number of hydrogen-bond acceptors (Lipinski definition) is 2. The molecule has 1 amide bonds. The van der Waals surface area contributed by atoms with Gasteiger partial charge in [-0.25, -0.2) is 0 Å². The van der Waals surface area contributed by atoms with Crippen molar-refractivity contribution in [2.45, 2.75) is 65.3 Å². The molecule has 0 aliphatic heterocycles. The Morgan fingerprint density at radius 3 is 2.33 bits per heavy atom. The summed E-state index contributed by atoms with van der Waals surface area (Å²) in [4.78, 5) is 14.7. The fourth-order valence-electron chi connectivity index (χ4n) is 3.30. The Morgan fingerprint density at radius 1 is 1.22 bits per heavy atom. The predicted octanol–water partition coefficient (Wildman–Crippen LogP) is 2.79. The lowest BCUT2D eigenvalue weighted by Gasteiger charge is -2.40. The first-order chi connectivity index (χ1) is 8.69. The number of amides is 1. The largest absolute Gasteiger partial charge is 0.339 e. The van der Waals surface area contributed by atoms with Gasteiger partial charge < -0.3 is 10.6 Å². The number of carbonyl (C=O) groups excluding carboxylic acids is 1. The van der Waals surface area contributed by atoms with E-state index in [-0.39, 0.29) is 5.92 Å². The van der Waals surface area contributed by atoms with Crippen LogP contribution in [0.4, 0.5) is 0 Å². The van der Waals surface area contributed by atoms with E-state index >= 15 is 0 Å². The van der Waals surface area contributed by atoms with Crippen LogP contribution in [-0.4, -0.2) is 29.9 Å². The van der Waals surface area contributed by atoms with Gasteiger partial charge in [-0.05, 0) is 45.1 Å². The van der Waals surface area contributed by atoms with Crippen molar-refractivity contribution in [3.05, 3.63) is 0 Å². The van der Waals surface area contributed by atoms with Crippen LogP contribution in [0.5, 0.6) is 0 Å². The number of nitrogens with zero attached hydrogens (tertiary/aromatic N) is 1. The van der Waals surface area contributed by atoms with Gasteiger partial charge in [-0.3, -0.25) is 4.79 Å². The zero-order valence-electron chi connectivity index (χ0n) is 12.3. The molecule has 3 nitrogen and oxygen atoms in total. The normalized spacial score (nSPS) is 24.3. The molecule has 0 bridgehead atoms. The zero-order valence-corrected chi connectivity index (χ0v) is 12.3. The van der Waals surface area contributed by atoms with Gasteiger partial charge in [-0.1, -0.05) is 26.7 Å². The minimum Gasteiger partial charge on any atom is -0.339 e. The quantitative estimate of drug-likeness (QED) is 0.792. The van der Waals surface area contributed by atoms with Gasteiger partial charge in [-0.15, -0.1) is 0 Å². The van der Waals surface area contributed by atoms with Gasteiger partial charge >= 0.3 is 0 Å². The van der Waals surface area contributed by atoms with Crippen LogP contribution in [0.25, 0.3) is 0 Å². The molecule has 0 saturated heterocycles. The fourth-order valence-corrected chi connectivity index (χ4v) is 3.30. The maximum Gasteiger partial charge on any atom is 0.225 e. The summed E-state index contributed by atoms with van der Waals surface area (Å²) < 4.78 is 0. The molecule has 0 aromatic heterocycles. The van der Waals surface area contributed by atoms with Crippen LogP contribution >= 0.6 is 0 Å². The molecule has 2 unspecified atom stereocenters. The molecule has 0 heterocycles. The molecule has 0 radical (unpaired) electrons. The molecular weight excluding hydrogens is 224 g/mol. The number of hydrogen-bond donors (Lipinski definition) is 1. The molecule has 1 saturated carbocycles. The summed E-state index contributed by atoms with van der Waals surface area (Å²) in [6, 6.07) is 0.391. The molecule has 1 fully saturated rings. The second-order valence-electron chi connectivity index (χ2n) is 5.49. The fraction of sp³-hybridized carbons (Fsp3) is 0.933. The lowest BCUT2D eigenvalue weighted by molar-refractivity contribution is -0.139. The van der Waals surface area contributed by atoms with Crippen molar-refractivity contribution in [3.63, 3.8) is 0 Å². The van der Waals surface area contributed by atoms with Crippen LogP contribution in [-0.2, 0) is 4.79 Å². The molecule has 0 spiro atoms. The molecule has 18 heavy (non-hydrogen) atoms. The zero-order chi connectivity index (χ0) is 13.5. The Balaban J connectivity index is 2.76. The summed E-state index contributed by atoms with van der Waals surface area (Å²) in [5.41, 5.74) is 5.89. The lowest BCUT2D eigenvalue weighted by Crippen LogP contribution is -2.49. The summed E-state index contributed by atoms with van der Waals surface area (Å²) >= 11 is 0. The van der Waals surface area contributed by atoms with E-state index in [0.717, 1.165) is 32.4 Å². The van der Waals surface area contributed by atoms with E-state index in [4.69, 9.17) is 5.73 Å². The lowest BCUT2D eigenvalue weighted by atomic mass is 9.83. The van der Waals surface area contributed by atoms with E-state index < -0.39 is 0 Å². The maximum atomic E-state index is 12.6. The van der Waals surface area contributed by atoms with Crippen molar-refractivity contribution in [2.75, 3.05) is 13.1 Å². The van der Waals surface area contributed by atoms with E-state index in [2.05, 4.69) is 25.7 Å². The molecule has 1 rings (SSSR count). The highest BCUT2D eigenvalue weighted by Gasteiger charge is 2.33. The second kappa shape index (κ2) is 7.78. The summed E-state index contributed by atoms with van der Waals surface area (Å²) in [5.74, 6) is 1.06. The smallest absolute Gasteiger partial charge is 0.225 e. The number of carbonyl (C=O) groups is 1. The molecule has 2 N–H and O–H groups in total. The van der Waals surface area contributed by atoms with Crippen molar-refractivity contribution < 1.29 is 4.79 Å². The highest BCUT2D eigenvalue weighted by Crippen LogP contribution is 2.29. The first-order valence-corrected chi connectivity index (χ1v) is 7.69. The summed E-state index contributed by atoms with van der Waals surface area (Å²) in [6.07, 6.45) is 6.75. The summed E-state index contributed by atoms with van der Waals surface area (Å²) in [5, 5.41) is 0. The van der Waals surface area contributed by atoms with Crippen LogP contribution in [0.1, 0.15) is 59.3 Å². The highest BCUT2D eigenvalue weighted by molar-refractivity contribution is 5.79. The van der Waals surface area contributed by atoms with Crippen molar-refractivity contribution in [2.24, 2.45) is 17.6 Å². The van der Waals surface area contributed by atoms with Crippen LogP contribution in [0.2, 0.25) is 0 Å². The number of rotatable bonds is 6. The van der Waals surface area contributed by atoms with E-state index in [1.54, 1.807) is 0 Å².